The van der Waals surface area contributed by atoms with Gasteiger partial charge in [-0.25, -0.2) is 18.7 Å². The second-order valence-corrected chi connectivity index (χ2v) is 12.9. The number of benzene rings is 3. The first-order chi connectivity index (χ1) is 21.2. The molecule has 1 fully saturated rings. The van der Waals surface area contributed by atoms with Crippen molar-refractivity contribution in [2.45, 2.75) is 50.6 Å². The Morgan fingerprint density at radius 1 is 1.16 bits per heavy atom. The van der Waals surface area contributed by atoms with Crippen molar-refractivity contribution in [2.24, 2.45) is 11.1 Å². The van der Waals surface area contributed by atoms with Crippen LogP contribution in [0.4, 0.5) is 14.5 Å². The summed E-state index contributed by atoms with van der Waals surface area (Å²) in [5, 5.41) is 35.8. The number of aromatic nitrogens is 4. The standard InChI is InChI=1S/C31H27Cl2F2N7O3/c1-30(2,3)13-23-31(14-36,19-9-8-16(32)12-21(19)34)24(17-5-4-6-20(33)25(17)35)26(29(44)45)42(23)22-10-7-15(27(37)43)11-18(22)28-38-40-41-39-28/h4-12,23-24,26H,13H2,1-3H3,(H2,37,43)(H,44,45)(H,38,39,40,41)/t23-,24-,26+,31-/m0/s1. The zero-order valence-corrected chi connectivity index (χ0v) is 25.7. The summed E-state index contributed by atoms with van der Waals surface area (Å²) in [5.41, 5.74) is 3.02. The smallest absolute Gasteiger partial charge is 0.327 e. The Hall–Kier alpha value is -4.60. The fraction of sp³-hybridized carbons (Fsp3) is 0.290. The Balaban J connectivity index is 1.96. The number of aliphatic carboxylic acids is 1. The molecule has 10 nitrogen and oxygen atoms in total. The van der Waals surface area contributed by atoms with Crippen LogP contribution in [0.2, 0.25) is 10.0 Å². The molecule has 5 rings (SSSR count). The Kier molecular flexibility index (Phi) is 8.29. The largest absolute Gasteiger partial charge is 0.480 e. The normalized spacial score (nSPS) is 21.5. The summed E-state index contributed by atoms with van der Waals surface area (Å²) in [4.78, 5) is 27.1. The third kappa shape index (κ3) is 5.47. The van der Waals surface area contributed by atoms with Gasteiger partial charge in [0.1, 0.15) is 23.1 Å². The zero-order valence-electron chi connectivity index (χ0n) is 24.2. The van der Waals surface area contributed by atoms with Gasteiger partial charge < -0.3 is 15.7 Å². The molecule has 232 valence electrons. The van der Waals surface area contributed by atoms with Crippen LogP contribution in [0.15, 0.2) is 54.6 Å². The van der Waals surface area contributed by atoms with Crippen LogP contribution in [0.1, 0.15) is 54.6 Å². The molecule has 0 spiro atoms. The molecule has 1 aromatic heterocycles. The average Bonchev–Trinajstić information content (AvgIpc) is 3.59. The number of H-pyrrole nitrogens is 1. The highest BCUT2D eigenvalue weighted by Crippen LogP contribution is 2.58. The number of carbonyl (C=O) groups is 2. The number of aromatic amines is 1. The molecule has 4 atom stereocenters. The van der Waals surface area contributed by atoms with Gasteiger partial charge in [0.05, 0.1) is 17.1 Å². The Morgan fingerprint density at radius 2 is 1.89 bits per heavy atom. The van der Waals surface area contributed by atoms with E-state index in [1.54, 1.807) is 0 Å². The maximum absolute atomic E-state index is 16.1. The van der Waals surface area contributed by atoms with Crippen LogP contribution in [0.5, 0.6) is 0 Å². The number of nitrogens with one attached hydrogen (secondary N) is 1. The molecule has 0 saturated carbocycles. The van der Waals surface area contributed by atoms with E-state index in [2.05, 4.69) is 26.7 Å². The number of carboxylic acids is 1. The molecule has 2 heterocycles. The van der Waals surface area contributed by atoms with E-state index in [1.165, 1.54) is 53.4 Å². The van der Waals surface area contributed by atoms with E-state index >= 15 is 8.78 Å². The summed E-state index contributed by atoms with van der Waals surface area (Å²) in [7, 11) is 0. The van der Waals surface area contributed by atoms with Crippen molar-refractivity contribution in [1.82, 2.24) is 20.6 Å². The van der Waals surface area contributed by atoms with Crippen LogP contribution in [0.3, 0.4) is 0 Å². The number of nitrogens with two attached hydrogens (primary N) is 1. The number of hydrogen-bond donors (Lipinski definition) is 3. The Bertz CT molecular complexity index is 1840. The lowest BCUT2D eigenvalue weighted by Gasteiger charge is -2.40. The minimum Gasteiger partial charge on any atom is -0.480 e. The number of carboxylic acid groups (broad SMARTS) is 1. The fourth-order valence-electron chi connectivity index (χ4n) is 6.38. The van der Waals surface area contributed by atoms with Gasteiger partial charge >= 0.3 is 5.97 Å². The van der Waals surface area contributed by atoms with Crippen LogP contribution in [0, 0.1) is 28.4 Å². The molecule has 3 aromatic carbocycles. The maximum Gasteiger partial charge on any atom is 0.327 e. The Morgan fingerprint density at radius 3 is 2.47 bits per heavy atom. The number of halogens is 4. The van der Waals surface area contributed by atoms with Gasteiger partial charge in [-0.15, -0.1) is 5.10 Å². The van der Waals surface area contributed by atoms with E-state index in [-0.39, 0.29) is 50.2 Å². The summed E-state index contributed by atoms with van der Waals surface area (Å²) < 4.78 is 32.1. The summed E-state index contributed by atoms with van der Waals surface area (Å²) in [6.07, 6.45) is 0.122. The monoisotopic (exact) mass is 653 g/mol. The van der Waals surface area contributed by atoms with Crippen molar-refractivity contribution in [1.29, 1.82) is 5.26 Å². The first kappa shape index (κ1) is 31.8. The van der Waals surface area contributed by atoms with Gasteiger partial charge in [-0.05, 0) is 64.2 Å². The van der Waals surface area contributed by atoms with Crippen LogP contribution in [-0.4, -0.2) is 49.7 Å². The second kappa shape index (κ2) is 11.7. The van der Waals surface area contributed by atoms with Crippen molar-refractivity contribution in [2.75, 3.05) is 4.90 Å². The number of tetrazole rings is 1. The van der Waals surface area contributed by atoms with E-state index in [0.717, 1.165) is 6.07 Å². The predicted octanol–water partition coefficient (Wildman–Crippen LogP) is 5.87. The summed E-state index contributed by atoms with van der Waals surface area (Å²) in [6.45, 7) is 5.64. The Labute approximate surface area is 266 Å². The SMILES string of the molecule is CC(C)(C)C[C@@H]1N(c2ccc(C(N)=O)cc2-c2nnn[nH]2)[C@@H](C(=O)O)[C@H](c2cccc(Cl)c2F)[C@@]1(C#N)c1ccc(Cl)cc1F. The molecule has 1 aliphatic rings. The number of rotatable bonds is 7. The number of nitrogens with zero attached hydrogens (tertiary/aromatic N) is 5. The topological polar surface area (TPSA) is 162 Å². The number of hydrogen-bond acceptors (Lipinski definition) is 7. The van der Waals surface area contributed by atoms with Crippen molar-refractivity contribution in [3.63, 3.8) is 0 Å². The molecular weight excluding hydrogens is 627 g/mol. The highest BCUT2D eigenvalue weighted by Gasteiger charge is 2.65. The molecular formula is C31H27Cl2F2N7O3. The van der Waals surface area contributed by atoms with Crippen LogP contribution >= 0.6 is 23.2 Å². The third-order valence-electron chi connectivity index (χ3n) is 8.06. The van der Waals surface area contributed by atoms with Crippen molar-refractivity contribution in [3.05, 3.63) is 93.0 Å². The average molecular weight is 655 g/mol. The minimum atomic E-state index is -2.03. The molecule has 1 saturated heterocycles. The highest BCUT2D eigenvalue weighted by molar-refractivity contribution is 6.31. The molecule has 1 aliphatic heterocycles. The van der Waals surface area contributed by atoms with Gasteiger partial charge in [0, 0.05) is 33.3 Å². The van der Waals surface area contributed by atoms with Gasteiger partial charge in [-0.1, -0.05) is 62.2 Å². The van der Waals surface area contributed by atoms with Crippen molar-refractivity contribution in [3.8, 4) is 17.5 Å². The van der Waals surface area contributed by atoms with Crippen molar-refractivity contribution >= 4 is 40.8 Å². The van der Waals surface area contributed by atoms with Crippen molar-refractivity contribution < 1.29 is 23.5 Å². The second-order valence-electron chi connectivity index (χ2n) is 12.0. The van der Waals surface area contributed by atoms with E-state index < -0.39 is 52.3 Å². The van der Waals surface area contributed by atoms with E-state index in [4.69, 9.17) is 28.9 Å². The van der Waals surface area contributed by atoms with Crippen LogP contribution in [0.25, 0.3) is 11.4 Å². The molecule has 14 heteroatoms. The summed E-state index contributed by atoms with van der Waals surface area (Å²) in [5.74, 6) is -5.46. The molecule has 45 heavy (non-hydrogen) atoms. The fourth-order valence-corrected chi connectivity index (χ4v) is 6.72. The van der Waals surface area contributed by atoms with Gasteiger partial charge in [0.2, 0.25) is 5.91 Å². The number of primary amides is 1. The molecule has 0 radical (unpaired) electrons. The van der Waals surface area contributed by atoms with Crippen LogP contribution in [-0.2, 0) is 10.2 Å². The molecule has 1 amide bonds. The number of nitriles is 1. The lowest BCUT2D eigenvalue weighted by Crippen LogP contribution is -2.47. The van der Waals surface area contributed by atoms with Gasteiger partial charge in [0.25, 0.3) is 0 Å². The molecule has 0 unspecified atom stereocenters. The van der Waals surface area contributed by atoms with Gasteiger partial charge in [-0.2, -0.15) is 5.26 Å². The number of carbonyl (C=O) groups excluding carboxylic acids is 1. The quantitative estimate of drug-likeness (QED) is 0.223. The van der Waals surface area contributed by atoms with Crippen LogP contribution < -0.4 is 10.6 Å². The lowest BCUT2D eigenvalue weighted by atomic mass is 9.62. The first-order valence-corrected chi connectivity index (χ1v) is 14.5. The lowest BCUT2D eigenvalue weighted by molar-refractivity contribution is -0.138. The van der Waals surface area contributed by atoms with E-state index in [1.807, 2.05) is 20.8 Å². The zero-order chi connectivity index (χ0) is 32.8. The van der Waals surface area contributed by atoms with Gasteiger partial charge in [0.15, 0.2) is 5.82 Å². The molecule has 0 bridgehead atoms. The third-order valence-corrected chi connectivity index (χ3v) is 8.59. The first-order valence-electron chi connectivity index (χ1n) is 13.7. The predicted molar refractivity (Wildman–Crippen MR) is 163 cm³/mol. The maximum atomic E-state index is 16.1. The molecule has 4 N–H and O–H groups in total. The van der Waals surface area contributed by atoms with Gasteiger partial charge in [-0.3, -0.25) is 4.79 Å². The number of amides is 1. The summed E-state index contributed by atoms with van der Waals surface area (Å²) >= 11 is 12.3. The van der Waals surface area contributed by atoms with E-state index in [9.17, 15) is 20.0 Å². The minimum absolute atomic E-state index is 0.0500. The van der Waals surface area contributed by atoms with E-state index in [0.29, 0.717) is 0 Å². The molecule has 0 aliphatic carbocycles. The summed E-state index contributed by atoms with van der Waals surface area (Å²) in [6, 6.07) is 11.5. The number of anilines is 1. The highest BCUT2D eigenvalue weighted by atomic mass is 35.5. The molecule has 4 aromatic rings.